The molecular weight excluding hydrogens is 196 g/mol. The summed E-state index contributed by atoms with van der Waals surface area (Å²) >= 11 is 0. The summed E-state index contributed by atoms with van der Waals surface area (Å²) in [6.07, 6.45) is 3.96. The quantitative estimate of drug-likeness (QED) is 0.617. The van der Waals surface area contributed by atoms with Crippen LogP contribution in [0.3, 0.4) is 0 Å². The van der Waals surface area contributed by atoms with Gasteiger partial charge in [-0.1, -0.05) is 6.42 Å². The van der Waals surface area contributed by atoms with Crippen molar-refractivity contribution in [1.29, 1.82) is 0 Å². The predicted molar refractivity (Wildman–Crippen MR) is 52.0 cm³/mol. The van der Waals surface area contributed by atoms with Crippen molar-refractivity contribution in [2.45, 2.75) is 45.1 Å². The Hall–Kier alpha value is -1.06. The van der Waals surface area contributed by atoms with Gasteiger partial charge in [0.05, 0.1) is 12.0 Å². The van der Waals surface area contributed by atoms with Crippen molar-refractivity contribution in [1.82, 2.24) is 0 Å². The highest BCUT2D eigenvalue weighted by molar-refractivity contribution is 5.78. The lowest BCUT2D eigenvalue weighted by atomic mass is 9.65. The van der Waals surface area contributed by atoms with Gasteiger partial charge in [0, 0.05) is 19.8 Å². The standard InChI is InChI=1S/C11H16O4/c1-8(12)15-9-3-6-14-10(13)11(7-9)4-2-5-11/h9H,2-7H2,1H3. The summed E-state index contributed by atoms with van der Waals surface area (Å²) in [4.78, 5) is 22.6. The van der Waals surface area contributed by atoms with Gasteiger partial charge < -0.3 is 9.47 Å². The summed E-state index contributed by atoms with van der Waals surface area (Å²) in [5.74, 6) is -0.368. The van der Waals surface area contributed by atoms with Crippen LogP contribution in [0.4, 0.5) is 0 Å². The van der Waals surface area contributed by atoms with E-state index in [0.717, 1.165) is 19.3 Å². The molecule has 1 saturated heterocycles. The van der Waals surface area contributed by atoms with Crippen molar-refractivity contribution in [3.63, 3.8) is 0 Å². The van der Waals surface area contributed by atoms with Crippen LogP contribution in [0.1, 0.15) is 39.0 Å². The molecule has 15 heavy (non-hydrogen) atoms. The number of esters is 2. The molecule has 84 valence electrons. The lowest BCUT2D eigenvalue weighted by Gasteiger charge is -2.39. The largest absolute Gasteiger partial charge is 0.465 e. The molecule has 1 atom stereocenters. The minimum Gasteiger partial charge on any atom is -0.465 e. The number of cyclic esters (lactones) is 1. The van der Waals surface area contributed by atoms with E-state index in [0.29, 0.717) is 19.4 Å². The molecule has 2 aliphatic rings. The Morgan fingerprint density at radius 3 is 2.80 bits per heavy atom. The Labute approximate surface area is 88.9 Å². The molecule has 0 aromatic heterocycles. The van der Waals surface area contributed by atoms with Crippen LogP contribution in [0.25, 0.3) is 0 Å². The summed E-state index contributed by atoms with van der Waals surface area (Å²) in [6.45, 7) is 1.78. The molecule has 2 rings (SSSR count). The molecule has 2 fully saturated rings. The van der Waals surface area contributed by atoms with Crippen LogP contribution < -0.4 is 0 Å². The number of ether oxygens (including phenoxy) is 2. The number of hydrogen-bond donors (Lipinski definition) is 0. The second-order valence-corrected chi connectivity index (χ2v) is 4.49. The Morgan fingerprint density at radius 1 is 1.53 bits per heavy atom. The van der Waals surface area contributed by atoms with Crippen LogP contribution in [-0.2, 0) is 19.1 Å². The number of hydrogen-bond acceptors (Lipinski definition) is 4. The van der Waals surface area contributed by atoms with E-state index in [1.807, 2.05) is 0 Å². The average molecular weight is 212 g/mol. The van der Waals surface area contributed by atoms with Crippen LogP contribution in [0.5, 0.6) is 0 Å². The molecule has 1 aliphatic carbocycles. The predicted octanol–water partition coefficient (Wildman–Crippen LogP) is 1.43. The van der Waals surface area contributed by atoms with Crippen molar-refractivity contribution in [3.05, 3.63) is 0 Å². The third-order valence-electron chi connectivity index (χ3n) is 3.37. The summed E-state index contributed by atoms with van der Waals surface area (Å²) in [5, 5.41) is 0. The van der Waals surface area contributed by atoms with E-state index in [4.69, 9.17) is 9.47 Å². The monoisotopic (exact) mass is 212 g/mol. The van der Waals surface area contributed by atoms with E-state index in [2.05, 4.69) is 0 Å². The minimum absolute atomic E-state index is 0.0941. The van der Waals surface area contributed by atoms with Crippen molar-refractivity contribution < 1.29 is 19.1 Å². The third-order valence-corrected chi connectivity index (χ3v) is 3.37. The van der Waals surface area contributed by atoms with E-state index < -0.39 is 0 Å². The molecule has 0 amide bonds. The van der Waals surface area contributed by atoms with Gasteiger partial charge in [-0.25, -0.2) is 0 Å². The minimum atomic E-state index is -0.337. The number of carbonyl (C=O) groups excluding carboxylic acids is 2. The van der Waals surface area contributed by atoms with E-state index in [-0.39, 0.29) is 23.5 Å². The van der Waals surface area contributed by atoms with Crippen LogP contribution >= 0.6 is 0 Å². The van der Waals surface area contributed by atoms with Gasteiger partial charge in [-0.05, 0) is 12.8 Å². The molecule has 0 aromatic rings. The maximum atomic E-state index is 11.7. The van der Waals surface area contributed by atoms with Crippen molar-refractivity contribution >= 4 is 11.9 Å². The zero-order valence-corrected chi connectivity index (χ0v) is 8.95. The summed E-state index contributed by atoms with van der Waals surface area (Å²) < 4.78 is 10.3. The Bertz CT molecular complexity index is 280. The van der Waals surface area contributed by atoms with Gasteiger partial charge in [-0.2, -0.15) is 0 Å². The zero-order chi connectivity index (χ0) is 10.9. The number of carbonyl (C=O) groups is 2. The molecule has 4 heteroatoms. The Morgan fingerprint density at radius 2 is 2.27 bits per heavy atom. The first-order valence-electron chi connectivity index (χ1n) is 5.47. The van der Waals surface area contributed by atoms with Gasteiger partial charge >= 0.3 is 11.9 Å². The fourth-order valence-electron chi connectivity index (χ4n) is 2.40. The lowest BCUT2D eigenvalue weighted by molar-refractivity contribution is -0.162. The van der Waals surface area contributed by atoms with Crippen LogP contribution in [-0.4, -0.2) is 24.6 Å². The van der Waals surface area contributed by atoms with Gasteiger partial charge in [0.15, 0.2) is 0 Å². The topological polar surface area (TPSA) is 52.6 Å². The summed E-state index contributed by atoms with van der Waals surface area (Å²) in [7, 11) is 0. The first-order chi connectivity index (χ1) is 7.12. The van der Waals surface area contributed by atoms with Crippen LogP contribution in [0.2, 0.25) is 0 Å². The van der Waals surface area contributed by atoms with Crippen LogP contribution in [0.15, 0.2) is 0 Å². The Kier molecular flexibility index (Phi) is 2.67. The average Bonchev–Trinajstić information content (AvgIpc) is 2.23. The van der Waals surface area contributed by atoms with Gasteiger partial charge in [0.2, 0.25) is 0 Å². The molecule has 1 heterocycles. The summed E-state index contributed by atoms with van der Waals surface area (Å²) in [6, 6.07) is 0. The zero-order valence-electron chi connectivity index (χ0n) is 8.95. The highest BCUT2D eigenvalue weighted by Crippen LogP contribution is 2.47. The first-order valence-corrected chi connectivity index (χ1v) is 5.47. The van der Waals surface area contributed by atoms with E-state index in [1.54, 1.807) is 0 Å². The maximum absolute atomic E-state index is 11.7. The first kappa shape index (κ1) is 10.5. The van der Waals surface area contributed by atoms with Gasteiger partial charge in [0.25, 0.3) is 0 Å². The van der Waals surface area contributed by atoms with Gasteiger partial charge in [-0.3, -0.25) is 9.59 Å². The molecule has 4 nitrogen and oxygen atoms in total. The summed E-state index contributed by atoms with van der Waals surface area (Å²) in [5.41, 5.74) is -0.337. The second kappa shape index (κ2) is 3.83. The van der Waals surface area contributed by atoms with Crippen molar-refractivity contribution in [2.75, 3.05) is 6.61 Å². The molecule has 0 aromatic carbocycles. The van der Waals surface area contributed by atoms with Gasteiger partial charge in [0.1, 0.15) is 6.10 Å². The normalized spacial score (nSPS) is 28.9. The van der Waals surface area contributed by atoms with Crippen LogP contribution in [0, 0.1) is 5.41 Å². The molecule has 1 spiro atoms. The van der Waals surface area contributed by atoms with E-state index in [1.165, 1.54) is 6.92 Å². The smallest absolute Gasteiger partial charge is 0.312 e. The molecular formula is C11H16O4. The van der Waals surface area contributed by atoms with E-state index in [9.17, 15) is 9.59 Å². The maximum Gasteiger partial charge on any atom is 0.312 e. The fraction of sp³-hybridized carbons (Fsp3) is 0.818. The molecule has 1 aliphatic heterocycles. The van der Waals surface area contributed by atoms with Gasteiger partial charge in [-0.15, -0.1) is 0 Å². The molecule has 1 saturated carbocycles. The van der Waals surface area contributed by atoms with Crippen molar-refractivity contribution in [2.24, 2.45) is 5.41 Å². The van der Waals surface area contributed by atoms with Crippen molar-refractivity contribution in [3.8, 4) is 0 Å². The highest BCUT2D eigenvalue weighted by atomic mass is 16.6. The lowest BCUT2D eigenvalue weighted by Crippen LogP contribution is -2.40. The molecule has 0 N–H and O–H groups in total. The second-order valence-electron chi connectivity index (χ2n) is 4.49. The van der Waals surface area contributed by atoms with E-state index >= 15 is 0 Å². The fourth-order valence-corrected chi connectivity index (χ4v) is 2.40. The Balaban J connectivity index is 2.04. The highest BCUT2D eigenvalue weighted by Gasteiger charge is 2.48. The molecule has 0 bridgehead atoms. The number of rotatable bonds is 1. The molecule has 0 radical (unpaired) electrons. The third kappa shape index (κ3) is 1.98. The SMILES string of the molecule is CC(=O)OC1CCOC(=O)C2(CCC2)C1. The molecule has 1 unspecified atom stereocenters.